The van der Waals surface area contributed by atoms with Crippen LogP contribution in [0, 0.1) is 16.9 Å². The van der Waals surface area contributed by atoms with E-state index in [2.05, 4.69) is 46.7 Å². The Hall–Kier alpha value is -2.15. The van der Waals surface area contributed by atoms with Crippen molar-refractivity contribution in [1.29, 1.82) is 0 Å². The smallest absolute Gasteiger partial charge is 0.148 e. The molecule has 30 heavy (non-hydrogen) atoms. The second-order valence-electron chi connectivity index (χ2n) is 9.50. The molecule has 0 aromatic heterocycles. The molecule has 4 atom stereocenters. The van der Waals surface area contributed by atoms with Crippen molar-refractivity contribution in [3.8, 4) is 11.1 Å². The molecule has 3 aliphatic heterocycles. The molecule has 0 saturated carbocycles. The first kappa shape index (κ1) is 19.8. The van der Waals surface area contributed by atoms with Gasteiger partial charge in [-0.2, -0.15) is 0 Å². The van der Waals surface area contributed by atoms with Crippen LogP contribution in [0.25, 0.3) is 11.1 Å². The topological polar surface area (TPSA) is 50.4 Å². The fourth-order valence-corrected chi connectivity index (χ4v) is 5.55. The normalized spacial score (nSPS) is 30.9. The summed E-state index contributed by atoms with van der Waals surface area (Å²) in [5.74, 6) is 0.331. The highest BCUT2D eigenvalue weighted by Crippen LogP contribution is 2.44. The van der Waals surface area contributed by atoms with Crippen LogP contribution in [0.5, 0.6) is 0 Å². The molecular formula is C24H31FN4O. The summed E-state index contributed by atoms with van der Waals surface area (Å²) >= 11 is 0. The lowest BCUT2D eigenvalue weighted by atomic mass is 9.93. The Morgan fingerprint density at radius 1 is 1.23 bits per heavy atom. The fraction of sp³-hybridized carbons (Fsp3) is 0.500. The molecule has 3 heterocycles. The van der Waals surface area contributed by atoms with Crippen molar-refractivity contribution in [1.82, 2.24) is 5.32 Å². The largest absolute Gasteiger partial charge is 0.633 e. The van der Waals surface area contributed by atoms with Gasteiger partial charge in [-0.05, 0) is 55.5 Å². The average molecular weight is 411 g/mol. The Labute approximate surface area is 178 Å². The van der Waals surface area contributed by atoms with Crippen LogP contribution in [-0.4, -0.2) is 50.1 Å². The number of benzene rings is 2. The highest BCUT2D eigenvalue weighted by Gasteiger charge is 2.32. The van der Waals surface area contributed by atoms with E-state index in [1.165, 1.54) is 5.56 Å². The van der Waals surface area contributed by atoms with Gasteiger partial charge in [0.1, 0.15) is 5.82 Å². The van der Waals surface area contributed by atoms with Crippen LogP contribution >= 0.6 is 0 Å². The second kappa shape index (κ2) is 7.52. The van der Waals surface area contributed by atoms with Gasteiger partial charge in [-0.3, -0.25) is 0 Å². The number of hydrogen-bond donors (Lipinski definition) is 2. The van der Waals surface area contributed by atoms with Crippen molar-refractivity contribution in [2.75, 3.05) is 43.4 Å². The Morgan fingerprint density at radius 3 is 2.97 bits per heavy atom. The van der Waals surface area contributed by atoms with Crippen molar-refractivity contribution in [3.63, 3.8) is 0 Å². The van der Waals surface area contributed by atoms with Crippen molar-refractivity contribution in [3.05, 3.63) is 53.0 Å². The highest BCUT2D eigenvalue weighted by atomic mass is 19.1. The molecule has 5 rings (SSSR count). The molecule has 1 saturated heterocycles. The van der Waals surface area contributed by atoms with E-state index in [0.29, 0.717) is 24.7 Å². The van der Waals surface area contributed by atoms with E-state index in [9.17, 15) is 9.60 Å². The lowest BCUT2D eigenvalue weighted by molar-refractivity contribution is -0.862. The molecule has 0 amide bonds. The first-order chi connectivity index (χ1) is 14.4. The molecule has 2 N–H and O–H groups in total. The van der Waals surface area contributed by atoms with Gasteiger partial charge in [0.25, 0.3) is 0 Å². The Bertz CT molecular complexity index is 947. The van der Waals surface area contributed by atoms with Gasteiger partial charge in [0.2, 0.25) is 0 Å². The van der Waals surface area contributed by atoms with E-state index in [1.54, 1.807) is 13.1 Å². The lowest BCUT2D eigenvalue weighted by Crippen LogP contribution is -2.48. The predicted molar refractivity (Wildman–Crippen MR) is 120 cm³/mol. The number of hydroxylamine groups is 3. The van der Waals surface area contributed by atoms with Gasteiger partial charge in [-0.25, -0.2) is 4.39 Å². The maximum absolute atomic E-state index is 14.7. The van der Waals surface area contributed by atoms with Crippen LogP contribution < -0.4 is 15.5 Å². The summed E-state index contributed by atoms with van der Waals surface area (Å²) in [4.78, 5) is 2.23. The molecule has 1 fully saturated rings. The van der Waals surface area contributed by atoms with Gasteiger partial charge in [-0.15, -0.1) is 0 Å². The molecule has 4 unspecified atom stereocenters. The van der Waals surface area contributed by atoms with Crippen LogP contribution in [0.2, 0.25) is 0 Å². The molecule has 0 spiro atoms. The van der Waals surface area contributed by atoms with Crippen LogP contribution in [0.15, 0.2) is 36.4 Å². The average Bonchev–Trinajstić information content (AvgIpc) is 3.26. The van der Waals surface area contributed by atoms with E-state index in [0.717, 1.165) is 49.2 Å². The number of anilines is 2. The second-order valence-corrected chi connectivity index (χ2v) is 9.50. The maximum Gasteiger partial charge on any atom is 0.148 e. The van der Waals surface area contributed by atoms with Gasteiger partial charge in [0.15, 0.2) is 0 Å². The lowest BCUT2D eigenvalue weighted by Gasteiger charge is -2.41. The quantitative estimate of drug-likeness (QED) is 0.510. The number of rotatable bonds is 0. The number of nitrogens with zero attached hydrogens (tertiary/aromatic N) is 2. The molecule has 0 aliphatic carbocycles. The minimum absolute atomic E-state index is 0.00222. The molecule has 2 aromatic rings. The monoisotopic (exact) mass is 410 g/mol. The SMILES string of the molecule is CC1Nc2c(F)ccc3c2N1CCC[N+](C)([O-])CC1CC(CN1)Cc1cccc-3c1. The zero-order valence-electron chi connectivity index (χ0n) is 17.8. The van der Waals surface area contributed by atoms with Gasteiger partial charge in [0.05, 0.1) is 43.7 Å². The van der Waals surface area contributed by atoms with Crippen molar-refractivity contribution >= 4 is 11.4 Å². The fourth-order valence-electron chi connectivity index (χ4n) is 5.55. The summed E-state index contributed by atoms with van der Waals surface area (Å²) < 4.78 is 14.4. The number of likely N-dealkylation sites (N-methyl/N-ethyl adjacent to an activating group) is 1. The highest BCUT2D eigenvalue weighted by molar-refractivity contribution is 5.91. The van der Waals surface area contributed by atoms with Crippen molar-refractivity contribution in [2.45, 2.75) is 38.4 Å². The molecule has 5 nitrogen and oxygen atoms in total. The first-order valence-electron chi connectivity index (χ1n) is 11.1. The zero-order valence-corrected chi connectivity index (χ0v) is 17.8. The molecular weight excluding hydrogens is 379 g/mol. The van der Waals surface area contributed by atoms with E-state index >= 15 is 0 Å². The van der Waals surface area contributed by atoms with E-state index in [4.69, 9.17) is 0 Å². The van der Waals surface area contributed by atoms with Crippen molar-refractivity contribution < 1.29 is 9.04 Å². The van der Waals surface area contributed by atoms with Crippen LogP contribution in [0.1, 0.15) is 25.3 Å². The summed E-state index contributed by atoms with van der Waals surface area (Å²) in [6.45, 7) is 4.94. The summed E-state index contributed by atoms with van der Waals surface area (Å²) in [5, 5.41) is 20.0. The van der Waals surface area contributed by atoms with E-state index in [-0.39, 0.29) is 22.7 Å². The number of hydrogen-bond acceptors (Lipinski definition) is 4. The molecule has 4 bridgehead atoms. The summed E-state index contributed by atoms with van der Waals surface area (Å²) in [6.07, 6.45) is 2.83. The number of fused-ring (bicyclic) bond motifs is 5. The third-order valence-electron chi connectivity index (χ3n) is 6.95. The van der Waals surface area contributed by atoms with Gasteiger partial charge < -0.3 is 25.4 Å². The maximum atomic E-state index is 14.7. The number of halogens is 1. The molecule has 0 radical (unpaired) electrons. The summed E-state index contributed by atoms with van der Waals surface area (Å²) in [7, 11) is 1.79. The molecule has 3 aliphatic rings. The summed E-state index contributed by atoms with van der Waals surface area (Å²) in [5.41, 5.74) is 5.00. The van der Waals surface area contributed by atoms with Crippen LogP contribution in [0.3, 0.4) is 0 Å². The number of quaternary nitrogens is 1. The van der Waals surface area contributed by atoms with Crippen LogP contribution in [0.4, 0.5) is 15.8 Å². The third-order valence-corrected chi connectivity index (χ3v) is 6.95. The van der Waals surface area contributed by atoms with E-state index < -0.39 is 0 Å². The molecule has 6 heteroatoms. The summed E-state index contributed by atoms with van der Waals surface area (Å²) in [6, 6.07) is 12.4. The van der Waals surface area contributed by atoms with Crippen molar-refractivity contribution in [2.24, 2.45) is 5.92 Å². The standard InChI is InChI=1S/C24H31FN4O/c1-16-27-23-22(25)8-7-21-19-6-3-5-17(12-19)11-18-13-20(26-14-18)15-29(2,30)10-4-9-28(16)24(21)23/h3,5-8,12,16,18,20,26-27H,4,9-11,13-15H2,1-2H3. The molecule has 2 aromatic carbocycles. The third kappa shape index (κ3) is 3.68. The predicted octanol–water partition coefficient (Wildman–Crippen LogP) is 3.94. The van der Waals surface area contributed by atoms with Crippen LogP contribution in [-0.2, 0) is 6.42 Å². The minimum Gasteiger partial charge on any atom is -0.633 e. The van der Waals surface area contributed by atoms with E-state index in [1.807, 2.05) is 6.07 Å². The Morgan fingerprint density at radius 2 is 2.10 bits per heavy atom. The first-order valence-corrected chi connectivity index (χ1v) is 11.1. The van der Waals surface area contributed by atoms with Gasteiger partial charge in [0, 0.05) is 18.5 Å². The minimum atomic E-state index is -0.226. The molecule has 160 valence electrons. The van der Waals surface area contributed by atoms with Gasteiger partial charge >= 0.3 is 0 Å². The number of nitrogens with one attached hydrogen (secondary N) is 2. The Kier molecular flexibility index (Phi) is 4.96. The zero-order chi connectivity index (χ0) is 20.9. The van der Waals surface area contributed by atoms with Gasteiger partial charge in [-0.1, -0.05) is 24.3 Å². The Balaban J connectivity index is 1.58.